The second kappa shape index (κ2) is 6.55. The Labute approximate surface area is 123 Å². The minimum Gasteiger partial charge on any atom is -0.394 e. The lowest BCUT2D eigenvalue weighted by molar-refractivity contribution is -0.123. The van der Waals surface area contributed by atoms with E-state index < -0.39 is 11.4 Å². The molecule has 0 spiro atoms. The number of carbonyl (C=O) groups excluding carboxylic acids is 1. The first kappa shape index (κ1) is 15.3. The number of halogens is 2. The van der Waals surface area contributed by atoms with Crippen molar-refractivity contribution in [2.75, 3.05) is 6.61 Å². The largest absolute Gasteiger partial charge is 0.394 e. The maximum absolute atomic E-state index is 13.7. The number of aliphatic hydroxyl groups excluding tert-OH is 1. The van der Waals surface area contributed by atoms with Crippen molar-refractivity contribution in [3.63, 3.8) is 0 Å². The van der Waals surface area contributed by atoms with E-state index in [1.165, 1.54) is 12.1 Å². The zero-order valence-electron chi connectivity index (χ0n) is 11.3. The number of amides is 1. The molecule has 0 saturated heterocycles. The van der Waals surface area contributed by atoms with Crippen LogP contribution in [0.15, 0.2) is 18.2 Å². The molecule has 2 N–H and O–H groups in total. The molecule has 20 heavy (non-hydrogen) atoms. The number of hydrogen-bond donors (Lipinski definition) is 2. The Morgan fingerprint density at radius 1 is 1.35 bits per heavy atom. The Morgan fingerprint density at radius 3 is 2.65 bits per heavy atom. The molecule has 5 heteroatoms. The van der Waals surface area contributed by atoms with Crippen LogP contribution < -0.4 is 5.32 Å². The van der Waals surface area contributed by atoms with Gasteiger partial charge < -0.3 is 10.4 Å². The molecule has 1 fully saturated rings. The van der Waals surface area contributed by atoms with Gasteiger partial charge in [-0.05, 0) is 25.0 Å². The average Bonchev–Trinajstić information content (AvgIpc) is 2.44. The van der Waals surface area contributed by atoms with Crippen molar-refractivity contribution in [1.82, 2.24) is 5.32 Å². The van der Waals surface area contributed by atoms with E-state index in [1.807, 2.05) is 0 Å². The van der Waals surface area contributed by atoms with E-state index in [0.717, 1.165) is 32.1 Å². The fourth-order valence-electron chi connectivity index (χ4n) is 2.75. The number of hydrogen-bond acceptors (Lipinski definition) is 2. The Kier molecular flexibility index (Phi) is 5.00. The van der Waals surface area contributed by atoms with Gasteiger partial charge in [-0.2, -0.15) is 0 Å². The summed E-state index contributed by atoms with van der Waals surface area (Å²) in [4.78, 5) is 12.1. The van der Waals surface area contributed by atoms with Gasteiger partial charge in [-0.1, -0.05) is 36.9 Å². The molecule has 0 unspecified atom stereocenters. The van der Waals surface area contributed by atoms with Crippen LogP contribution in [0.3, 0.4) is 0 Å². The smallest absolute Gasteiger partial charge is 0.225 e. The third-order valence-electron chi connectivity index (χ3n) is 3.92. The van der Waals surface area contributed by atoms with E-state index >= 15 is 0 Å². The molecule has 0 radical (unpaired) electrons. The van der Waals surface area contributed by atoms with Crippen LogP contribution in [0.25, 0.3) is 0 Å². The van der Waals surface area contributed by atoms with Crippen LogP contribution in [-0.2, 0) is 11.2 Å². The van der Waals surface area contributed by atoms with Gasteiger partial charge in [-0.25, -0.2) is 4.39 Å². The van der Waals surface area contributed by atoms with Crippen molar-refractivity contribution in [2.24, 2.45) is 0 Å². The van der Waals surface area contributed by atoms with Crippen LogP contribution in [-0.4, -0.2) is 23.2 Å². The maximum atomic E-state index is 13.7. The third-order valence-corrected chi connectivity index (χ3v) is 4.27. The number of benzene rings is 1. The van der Waals surface area contributed by atoms with Gasteiger partial charge in [0.1, 0.15) is 5.82 Å². The zero-order chi connectivity index (χ0) is 14.6. The standard InChI is InChI=1S/C15H19ClFNO2/c16-12-5-4-6-13(17)11(12)9-14(20)18-15(10-19)7-2-1-3-8-15/h4-6,19H,1-3,7-10H2,(H,18,20). The fourth-order valence-corrected chi connectivity index (χ4v) is 2.98. The Hall–Kier alpha value is -1.13. The minimum absolute atomic E-state index is 0.0796. The first-order valence-electron chi connectivity index (χ1n) is 6.91. The molecule has 0 heterocycles. The molecule has 0 bridgehead atoms. The molecule has 0 aromatic heterocycles. The van der Waals surface area contributed by atoms with E-state index in [2.05, 4.69) is 5.32 Å². The lowest BCUT2D eigenvalue weighted by atomic mass is 9.82. The summed E-state index contributed by atoms with van der Waals surface area (Å²) in [6.07, 6.45) is 4.52. The molecule has 1 aliphatic rings. The zero-order valence-corrected chi connectivity index (χ0v) is 12.0. The van der Waals surface area contributed by atoms with Crippen LogP contribution >= 0.6 is 11.6 Å². The highest BCUT2D eigenvalue weighted by Crippen LogP contribution is 2.28. The summed E-state index contributed by atoms with van der Waals surface area (Å²) in [7, 11) is 0. The highest BCUT2D eigenvalue weighted by Gasteiger charge is 2.33. The summed E-state index contributed by atoms with van der Waals surface area (Å²) in [6.45, 7) is -0.0796. The van der Waals surface area contributed by atoms with Gasteiger partial charge in [-0.3, -0.25) is 4.79 Å². The highest BCUT2D eigenvalue weighted by molar-refractivity contribution is 6.31. The quantitative estimate of drug-likeness (QED) is 0.898. The van der Waals surface area contributed by atoms with Crippen LogP contribution in [0.1, 0.15) is 37.7 Å². The Bertz CT molecular complexity index is 467. The van der Waals surface area contributed by atoms with Crippen molar-refractivity contribution in [2.45, 2.75) is 44.1 Å². The van der Waals surface area contributed by atoms with Crippen molar-refractivity contribution in [3.8, 4) is 0 Å². The fraction of sp³-hybridized carbons (Fsp3) is 0.533. The predicted molar refractivity (Wildman–Crippen MR) is 76.2 cm³/mol. The molecule has 0 atom stereocenters. The lowest BCUT2D eigenvalue weighted by Gasteiger charge is -2.36. The van der Waals surface area contributed by atoms with Crippen LogP contribution in [0.2, 0.25) is 5.02 Å². The summed E-state index contributed by atoms with van der Waals surface area (Å²) in [5, 5.41) is 12.7. The highest BCUT2D eigenvalue weighted by atomic mass is 35.5. The van der Waals surface area contributed by atoms with Gasteiger partial charge >= 0.3 is 0 Å². The lowest BCUT2D eigenvalue weighted by Crippen LogP contribution is -2.53. The van der Waals surface area contributed by atoms with Gasteiger partial charge in [0.25, 0.3) is 0 Å². The van der Waals surface area contributed by atoms with Gasteiger partial charge in [0.15, 0.2) is 0 Å². The van der Waals surface area contributed by atoms with Crippen LogP contribution in [0.5, 0.6) is 0 Å². The van der Waals surface area contributed by atoms with E-state index in [-0.39, 0.29) is 29.5 Å². The Balaban J connectivity index is 2.05. The molecule has 1 aliphatic carbocycles. The number of rotatable bonds is 4. The second-order valence-corrected chi connectivity index (χ2v) is 5.83. The molecular weight excluding hydrogens is 281 g/mol. The molecule has 110 valence electrons. The van der Waals surface area contributed by atoms with Crippen molar-refractivity contribution in [3.05, 3.63) is 34.6 Å². The first-order chi connectivity index (χ1) is 9.56. The van der Waals surface area contributed by atoms with E-state index in [4.69, 9.17) is 11.6 Å². The molecule has 2 rings (SSSR count). The van der Waals surface area contributed by atoms with E-state index in [1.54, 1.807) is 6.07 Å². The van der Waals surface area contributed by atoms with Crippen molar-refractivity contribution in [1.29, 1.82) is 0 Å². The van der Waals surface area contributed by atoms with Gasteiger partial charge in [-0.15, -0.1) is 0 Å². The van der Waals surface area contributed by atoms with Gasteiger partial charge in [0.05, 0.1) is 18.6 Å². The third kappa shape index (κ3) is 3.49. The molecule has 1 amide bonds. The molecular formula is C15H19ClFNO2. The second-order valence-electron chi connectivity index (χ2n) is 5.42. The van der Waals surface area contributed by atoms with Crippen LogP contribution in [0.4, 0.5) is 4.39 Å². The summed E-state index contributed by atoms with van der Waals surface area (Å²) >= 11 is 5.92. The maximum Gasteiger partial charge on any atom is 0.225 e. The first-order valence-corrected chi connectivity index (χ1v) is 7.29. The average molecular weight is 300 g/mol. The predicted octanol–water partition coefficient (Wildman–Crippen LogP) is 2.83. The number of aliphatic hydroxyl groups is 1. The molecule has 0 aliphatic heterocycles. The molecule has 1 aromatic rings. The van der Waals surface area contributed by atoms with Crippen molar-refractivity contribution >= 4 is 17.5 Å². The normalized spacial score (nSPS) is 17.8. The SMILES string of the molecule is O=C(Cc1c(F)cccc1Cl)NC1(CO)CCCCC1. The number of carbonyl (C=O) groups is 1. The van der Waals surface area contributed by atoms with Gasteiger partial charge in [0.2, 0.25) is 5.91 Å². The summed E-state index contributed by atoms with van der Waals surface area (Å²) in [6, 6.07) is 4.36. The van der Waals surface area contributed by atoms with Gasteiger partial charge in [0, 0.05) is 10.6 Å². The molecule has 1 aromatic carbocycles. The van der Waals surface area contributed by atoms with Crippen LogP contribution in [0, 0.1) is 5.82 Å². The monoisotopic (exact) mass is 299 g/mol. The summed E-state index contributed by atoms with van der Waals surface area (Å²) < 4.78 is 13.7. The topological polar surface area (TPSA) is 49.3 Å². The number of nitrogens with one attached hydrogen (secondary N) is 1. The van der Waals surface area contributed by atoms with Crippen molar-refractivity contribution < 1.29 is 14.3 Å². The summed E-state index contributed by atoms with van der Waals surface area (Å²) in [5.41, 5.74) is -0.344. The Morgan fingerprint density at radius 2 is 2.05 bits per heavy atom. The molecule has 1 saturated carbocycles. The summed E-state index contributed by atoms with van der Waals surface area (Å²) in [5.74, 6) is -0.776. The van der Waals surface area contributed by atoms with E-state index in [0.29, 0.717) is 0 Å². The van der Waals surface area contributed by atoms with E-state index in [9.17, 15) is 14.3 Å². The minimum atomic E-state index is -0.549. The molecule has 3 nitrogen and oxygen atoms in total.